The number of hydrogen-bond donors (Lipinski definition) is 2. The molecule has 8 nitrogen and oxygen atoms in total. The molecule has 0 atom stereocenters. The second-order valence-corrected chi connectivity index (χ2v) is 5.36. The SMILES string of the molecule is N#Cc1ccc(NC(=O)c2c[nH]c(=O)n(Cc3ccccn3)c2=O)cc1. The normalized spacial score (nSPS) is 10.1. The fraction of sp³-hybridized carbons (Fsp3) is 0.0556. The molecule has 0 radical (unpaired) electrons. The van der Waals surface area contributed by atoms with E-state index in [-0.39, 0.29) is 12.1 Å². The van der Waals surface area contributed by atoms with Crippen molar-refractivity contribution in [2.24, 2.45) is 0 Å². The summed E-state index contributed by atoms with van der Waals surface area (Å²) in [5.41, 5.74) is -0.156. The zero-order chi connectivity index (χ0) is 18.5. The highest BCUT2D eigenvalue weighted by Crippen LogP contribution is 2.09. The van der Waals surface area contributed by atoms with Crippen molar-refractivity contribution in [2.45, 2.75) is 6.54 Å². The molecule has 3 aromatic rings. The van der Waals surface area contributed by atoms with E-state index in [9.17, 15) is 14.4 Å². The lowest BCUT2D eigenvalue weighted by Crippen LogP contribution is -2.39. The minimum atomic E-state index is -0.717. The molecule has 2 N–H and O–H groups in total. The topological polar surface area (TPSA) is 121 Å². The van der Waals surface area contributed by atoms with E-state index in [4.69, 9.17) is 5.26 Å². The Morgan fingerprint density at radius 3 is 2.62 bits per heavy atom. The standard InChI is InChI=1S/C18H13N5O3/c19-9-12-4-6-13(7-5-12)22-16(24)15-10-21-18(26)23(17(15)25)11-14-3-1-2-8-20-14/h1-8,10H,11H2,(H,21,26)(H,22,24). The molecule has 0 aliphatic carbocycles. The van der Waals surface area contributed by atoms with E-state index < -0.39 is 17.2 Å². The third-order valence-electron chi connectivity index (χ3n) is 3.62. The summed E-state index contributed by atoms with van der Waals surface area (Å²) in [5, 5.41) is 11.3. The Labute approximate surface area is 147 Å². The fourth-order valence-corrected chi connectivity index (χ4v) is 2.30. The highest BCUT2D eigenvalue weighted by molar-refractivity contribution is 6.03. The van der Waals surface area contributed by atoms with Gasteiger partial charge in [0, 0.05) is 18.1 Å². The Hall–Kier alpha value is -3.99. The maximum atomic E-state index is 12.5. The monoisotopic (exact) mass is 347 g/mol. The van der Waals surface area contributed by atoms with Crippen molar-refractivity contribution in [1.29, 1.82) is 5.26 Å². The number of benzene rings is 1. The van der Waals surface area contributed by atoms with Crippen LogP contribution in [0, 0.1) is 11.3 Å². The van der Waals surface area contributed by atoms with Gasteiger partial charge in [0.05, 0.1) is 23.9 Å². The van der Waals surface area contributed by atoms with Crippen molar-refractivity contribution in [3.63, 3.8) is 0 Å². The molecule has 0 saturated heterocycles. The first-order chi connectivity index (χ1) is 12.6. The number of nitrogens with one attached hydrogen (secondary N) is 2. The van der Waals surface area contributed by atoms with E-state index in [0.717, 1.165) is 10.8 Å². The minimum Gasteiger partial charge on any atom is -0.322 e. The van der Waals surface area contributed by atoms with Crippen LogP contribution in [0.15, 0.2) is 64.4 Å². The number of nitriles is 1. The molecule has 0 bridgehead atoms. The van der Waals surface area contributed by atoms with Crippen molar-refractivity contribution in [1.82, 2.24) is 14.5 Å². The number of pyridine rings is 1. The van der Waals surface area contributed by atoms with Crippen molar-refractivity contribution in [3.05, 3.63) is 92.5 Å². The molecule has 0 saturated carbocycles. The Kier molecular flexibility index (Phi) is 4.71. The number of hydrogen-bond acceptors (Lipinski definition) is 5. The average molecular weight is 347 g/mol. The van der Waals surface area contributed by atoms with E-state index in [0.29, 0.717) is 16.9 Å². The lowest BCUT2D eigenvalue weighted by Gasteiger charge is -2.08. The number of rotatable bonds is 4. The molecule has 8 heteroatoms. The fourth-order valence-electron chi connectivity index (χ4n) is 2.30. The van der Waals surface area contributed by atoms with Gasteiger partial charge in [-0.15, -0.1) is 0 Å². The number of nitrogens with zero attached hydrogens (tertiary/aromatic N) is 3. The molecule has 0 aliphatic heterocycles. The molecular weight excluding hydrogens is 334 g/mol. The summed E-state index contributed by atoms with van der Waals surface area (Å²) in [5.74, 6) is -0.661. The van der Waals surface area contributed by atoms with E-state index in [1.54, 1.807) is 48.7 Å². The van der Waals surface area contributed by atoms with Gasteiger partial charge < -0.3 is 10.3 Å². The van der Waals surface area contributed by atoms with Crippen molar-refractivity contribution < 1.29 is 4.79 Å². The second-order valence-electron chi connectivity index (χ2n) is 5.36. The molecule has 1 amide bonds. The first kappa shape index (κ1) is 16.9. The largest absolute Gasteiger partial charge is 0.328 e. The summed E-state index contributed by atoms with van der Waals surface area (Å²) < 4.78 is 0.913. The van der Waals surface area contributed by atoms with Crippen LogP contribution in [0.4, 0.5) is 5.69 Å². The average Bonchev–Trinajstić information content (AvgIpc) is 2.66. The molecule has 128 valence electrons. The molecule has 2 aromatic heterocycles. The van der Waals surface area contributed by atoms with Crippen molar-refractivity contribution in [3.8, 4) is 6.07 Å². The van der Waals surface area contributed by atoms with Crippen LogP contribution in [0.1, 0.15) is 21.6 Å². The summed E-state index contributed by atoms with van der Waals surface area (Å²) in [6.45, 7) is -0.0486. The van der Waals surface area contributed by atoms with Gasteiger partial charge in [-0.1, -0.05) is 6.07 Å². The molecule has 0 spiro atoms. The van der Waals surface area contributed by atoms with Gasteiger partial charge >= 0.3 is 5.69 Å². The Morgan fingerprint density at radius 2 is 1.96 bits per heavy atom. The summed E-state index contributed by atoms with van der Waals surface area (Å²) in [4.78, 5) is 43.3. The maximum absolute atomic E-state index is 12.5. The second kappa shape index (κ2) is 7.27. The summed E-state index contributed by atoms with van der Waals surface area (Å²) in [6.07, 6.45) is 2.63. The zero-order valence-electron chi connectivity index (χ0n) is 13.5. The summed E-state index contributed by atoms with van der Waals surface area (Å²) in [7, 11) is 0. The van der Waals surface area contributed by atoms with Crippen LogP contribution in [0.2, 0.25) is 0 Å². The first-order valence-corrected chi connectivity index (χ1v) is 7.62. The highest BCUT2D eigenvalue weighted by Gasteiger charge is 2.15. The first-order valence-electron chi connectivity index (χ1n) is 7.62. The summed E-state index contributed by atoms with van der Waals surface area (Å²) in [6, 6.07) is 13.3. The van der Waals surface area contributed by atoms with Crippen LogP contribution in [0.3, 0.4) is 0 Å². The lowest BCUT2D eigenvalue weighted by molar-refractivity contribution is 0.102. The highest BCUT2D eigenvalue weighted by atomic mass is 16.2. The van der Waals surface area contributed by atoms with Gasteiger partial charge in [0.15, 0.2) is 0 Å². The third-order valence-corrected chi connectivity index (χ3v) is 3.62. The Balaban J connectivity index is 1.89. The van der Waals surface area contributed by atoms with Gasteiger partial charge in [-0.3, -0.25) is 19.1 Å². The van der Waals surface area contributed by atoms with E-state index >= 15 is 0 Å². The van der Waals surface area contributed by atoms with Crippen LogP contribution in [-0.2, 0) is 6.54 Å². The number of carbonyl (C=O) groups excluding carboxylic acids is 1. The van der Waals surface area contributed by atoms with E-state index in [1.165, 1.54) is 0 Å². The number of carbonyl (C=O) groups is 1. The van der Waals surface area contributed by atoms with Gasteiger partial charge in [-0.05, 0) is 36.4 Å². The molecular formula is C18H13N5O3. The number of aromatic nitrogens is 3. The van der Waals surface area contributed by atoms with Crippen LogP contribution in [-0.4, -0.2) is 20.4 Å². The Morgan fingerprint density at radius 1 is 1.19 bits per heavy atom. The van der Waals surface area contributed by atoms with Gasteiger partial charge in [-0.2, -0.15) is 5.26 Å². The molecule has 26 heavy (non-hydrogen) atoms. The van der Waals surface area contributed by atoms with Gasteiger partial charge in [-0.25, -0.2) is 4.79 Å². The quantitative estimate of drug-likeness (QED) is 0.732. The maximum Gasteiger partial charge on any atom is 0.328 e. The number of amides is 1. The molecule has 2 heterocycles. The van der Waals surface area contributed by atoms with Crippen LogP contribution >= 0.6 is 0 Å². The van der Waals surface area contributed by atoms with Crippen molar-refractivity contribution in [2.75, 3.05) is 5.32 Å². The molecule has 0 aliphatic rings. The number of H-pyrrole nitrogens is 1. The van der Waals surface area contributed by atoms with Gasteiger partial charge in [0.2, 0.25) is 0 Å². The van der Waals surface area contributed by atoms with Gasteiger partial charge in [0.1, 0.15) is 5.56 Å². The smallest absolute Gasteiger partial charge is 0.322 e. The van der Waals surface area contributed by atoms with E-state index in [2.05, 4.69) is 15.3 Å². The predicted molar refractivity (Wildman–Crippen MR) is 93.8 cm³/mol. The Bertz CT molecular complexity index is 1090. The summed E-state index contributed by atoms with van der Waals surface area (Å²) >= 11 is 0. The zero-order valence-corrected chi connectivity index (χ0v) is 13.5. The predicted octanol–water partition coefficient (Wildman–Crippen LogP) is 1.10. The third kappa shape index (κ3) is 3.57. The van der Waals surface area contributed by atoms with Crippen molar-refractivity contribution >= 4 is 11.6 Å². The number of anilines is 1. The van der Waals surface area contributed by atoms with Crippen LogP contribution in [0.25, 0.3) is 0 Å². The molecule has 0 unspecified atom stereocenters. The van der Waals surface area contributed by atoms with Crippen LogP contribution in [0.5, 0.6) is 0 Å². The molecule has 1 aromatic carbocycles. The number of aromatic amines is 1. The van der Waals surface area contributed by atoms with E-state index in [1.807, 2.05) is 6.07 Å². The van der Waals surface area contributed by atoms with Gasteiger partial charge in [0.25, 0.3) is 11.5 Å². The van der Waals surface area contributed by atoms with Crippen LogP contribution < -0.4 is 16.6 Å². The molecule has 3 rings (SSSR count). The lowest BCUT2D eigenvalue weighted by atomic mass is 10.2. The minimum absolute atomic E-state index is 0.0486. The molecule has 0 fully saturated rings.